The Morgan fingerprint density at radius 1 is 0.735 bits per heavy atom. The van der Waals surface area contributed by atoms with Gasteiger partial charge in [-0.15, -0.1) is 0 Å². The van der Waals surface area contributed by atoms with Crippen molar-refractivity contribution in [2.45, 2.75) is 66.2 Å². The van der Waals surface area contributed by atoms with Crippen molar-refractivity contribution in [1.82, 2.24) is 15.0 Å². The van der Waals surface area contributed by atoms with Crippen LogP contribution < -0.4 is 0 Å². The first-order valence-corrected chi connectivity index (χ1v) is 17.8. The van der Waals surface area contributed by atoms with Crippen molar-refractivity contribution in [2.75, 3.05) is 0 Å². The Hall–Kier alpha value is -5.15. The van der Waals surface area contributed by atoms with E-state index in [-0.39, 0.29) is 0 Å². The molecule has 7 rings (SSSR count). The zero-order chi connectivity index (χ0) is 33.9. The molecule has 5 aromatic rings. The van der Waals surface area contributed by atoms with Crippen molar-refractivity contribution >= 4 is 27.6 Å². The molecule has 0 saturated carbocycles. The summed E-state index contributed by atoms with van der Waals surface area (Å²) in [5, 5.41) is 1.15. The molecule has 0 unspecified atom stereocenters. The van der Waals surface area contributed by atoms with E-state index in [0.29, 0.717) is 5.92 Å². The number of hydrogen-bond acceptors (Lipinski definition) is 3. The summed E-state index contributed by atoms with van der Waals surface area (Å²) in [4.78, 5) is 16.1. The van der Waals surface area contributed by atoms with Crippen LogP contribution in [0, 0.1) is 19.8 Å². The molecule has 2 aliphatic carbocycles. The van der Waals surface area contributed by atoms with E-state index in [0.717, 1.165) is 92.9 Å². The van der Waals surface area contributed by atoms with Crippen LogP contribution in [0.1, 0.15) is 86.1 Å². The molecule has 244 valence electrons. The van der Waals surface area contributed by atoms with Gasteiger partial charge in [0.2, 0.25) is 0 Å². The first-order chi connectivity index (χ1) is 23.9. The maximum absolute atomic E-state index is 5.60. The maximum atomic E-state index is 5.60. The topological polar surface area (TPSA) is 38.7 Å². The van der Waals surface area contributed by atoms with Crippen molar-refractivity contribution in [3.63, 3.8) is 0 Å². The van der Waals surface area contributed by atoms with Gasteiger partial charge in [-0.2, -0.15) is 0 Å². The lowest BCUT2D eigenvalue weighted by molar-refractivity contribution is 0.739. The molecule has 0 amide bonds. The highest BCUT2D eigenvalue weighted by atomic mass is 14.9. The lowest BCUT2D eigenvalue weighted by Gasteiger charge is -2.21. The molecule has 2 heterocycles. The van der Waals surface area contributed by atoms with Gasteiger partial charge in [0.1, 0.15) is 0 Å². The second-order valence-corrected chi connectivity index (χ2v) is 13.7. The number of aromatic nitrogens is 3. The largest absolute Gasteiger partial charge is 0.253 e. The highest BCUT2D eigenvalue weighted by Gasteiger charge is 2.23. The fourth-order valence-electron chi connectivity index (χ4n) is 6.92. The number of aryl methyl sites for hydroxylation is 2. The molecule has 0 radical (unpaired) electrons. The number of hydrogen-bond donors (Lipinski definition) is 0. The molecule has 0 aliphatic heterocycles. The van der Waals surface area contributed by atoms with Crippen molar-refractivity contribution in [2.24, 2.45) is 5.92 Å². The zero-order valence-corrected chi connectivity index (χ0v) is 29.3. The predicted molar refractivity (Wildman–Crippen MR) is 208 cm³/mol. The molecule has 0 saturated heterocycles. The summed E-state index contributed by atoms with van der Waals surface area (Å²) >= 11 is 0. The standard InChI is InChI=1S/C46H45N3/c1-30(2)31(3)28-41(40-27-26-37-25-24-32(4)47-42(37)33(40)5)38-22-15-23-39(29-38)46-45(36-20-13-8-14-21-36)48-43(34-16-9-6-10-17-34)44(49-46)35-18-11-7-12-19-35/h8-9,13-18,20-30H,3,6-7,10-12,19H2,1-2,4-5H3/b41-28-. The highest BCUT2D eigenvalue weighted by molar-refractivity contribution is 5.93. The Balaban J connectivity index is 1.46. The molecule has 3 aromatic carbocycles. The van der Waals surface area contributed by atoms with E-state index in [9.17, 15) is 0 Å². The van der Waals surface area contributed by atoms with Crippen LogP contribution in [0.2, 0.25) is 0 Å². The molecule has 3 heteroatoms. The average molecular weight is 640 g/mol. The van der Waals surface area contributed by atoms with Crippen LogP contribution >= 0.6 is 0 Å². The number of pyridine rings is 1. The second-order valence-electron chi connectivity index (χ2n) is 13.7. The van der Waals surface area contributed by atoms with Gasteiger partial charge in [-0.1, -0.05) is 123 Å². The SMILES string of the molecule is C=C(/C=C(/c1cccc(-c2nc(C3=CCCCC3)c(C3=CCCC=C3)nc2-c2ccccc2)c1)c1ccc2ccc(C)nc2c1C)C(C)C. The van der Waals surface area contributed by atoms with Crippen LogP contribution in [0.25, 0.3) is 50.1 Å². The molecule has 0 N–H and O–H groups in total. The van der Waals surface area contributed by atoms with Gasteiger partial charge < -0.3 is 0 Å². The summed E-state index contributed by atoms with van der Waals surface area (Å²) in [5.74, 6) is 0.317. The first-order valence-electron chi connectivity index (χ1n) is 17.8. The first kappa shape index (κ1) is 32.4. The van der Waals surface area contributed by atoms with E-state index in [1.807, 2.05) is 0 Å². The Kier molecular flexibility index (Phi) is 9.35. The van der Waals surface area contributed by atoms with Crippen molar-refractivity contribution in [3.05, 3.63) is 155 Å². The molecule has 49 heavy (non-hydrogen) atoms. The Morgan fingerprint density at radius 2 is 1.51 bits per heavy atom. The van der Waals surface area contributed by atoms with Gasteiger partial charge in [0.25, 0.3) is 0 Å². The van der Waals surface area contributed by atoms with E-state index in [1.54, 1.807) is 0 Å². The molecule has 2 aliphatic rings. The minimum absolute atomic E-state index is 0.317. The zero-order valence-electron chi connectivity index (χ0n) is 29.3. The van der Waals surface area contributed by atoms with Crippen LogP contribution in [-0.2, 0) is 0 Å². The van der Waals surface area contributed by atoms with Gasteiger partial charge in [-0.3, -0.25) is 4.98 Å². The summed E-state index contributed by atoms with van der Waals surface area (Å²) in [7, 11) is 0. The molecule has 0 atom stereocenters. The summed E-state index contributed by atoms with van der Waals surface area (Å²) in [6, 6.07) is 28.1. The van der Waals surface area contributed by atoms with E-state index in [1.165, 1.54) is 35.1 Å². The lowest BCUT2D eigenvalue weighted by atomic mass is 9.88. The third-order valence-corrected chi connectivity index (χ3v) is 9.87. The molecule has 0 spiro atoms. The Bertz CT molecular complexity index is 2180. The number of allylic oxidation sites excluding steroid dienone is 8. The van der Waals surface area contributed by atoms with Crippen LogP contribution in [0.15, 0.2) is 121 Å². The van der Waals surface area contributed by atoms with Crippen molar-refractivity contribution in [3.8, 4) is 22.5 Å². The van der Waals surface area contributed by atoms with Crippen LogP contribution in [0.3, 0.4) is 0 Å². The van der Waals surface area contributed by atoms with Crippen LogP contribution in [0.5, 0.6) is 0 Å². The van der Waals surface area contributed by atoms with E-state index >= 15 is 0 Å². The monoisotopic (exact) mass is 639 g/mol. The number of rotatable bonds is 8. The van der Waals surface area contributed by atoms with E-state index in [4.69, 9.17) is 15.0 Å². The van der Waals surface area contributed by atoms with Crippen molar-refractivity contribution < 1.29 is 0 Å². The quantitative estimate of drug-likeness (QED) is 0.159. The third-order valence-electron chi connectivity index (χ3n) is 9.87. The Labute approximate surface area is 291 Å². The normalized spacial score (nSPS) is 15.0. The maximum Gasteiger partial charge on any atom is 0.0973 e. The molecule has 3 nitrogen and oxygen atoms in total. The number of benzene rings is 3. The molecule has 0 bridgehead atoms. The Morgan fingerprint density at radius 3 is 2.27 bits per heavy atom. The summed E-state index contributed by atoms with van der Waals surface area (Å²) in [6.07, 6.45) is 18.1. The average Bonchev–Trinajstić information content (AvgIpc) is 3.15. The van der Waals surface area contributed by atoms with Gasteiger partial charge in [-0.25, -0.2) is 9.97 Å². The molecular weight excluding hydrogens is 595 g/mol. The number of fused-ring (bicyclic) bond motifs is 1. The van der Waals surface area contributed by atoms with Gasteiger partial charge in [-0.05, 0) is 104 Å². The second kappa shape index (κ2) is 14.1. The summed E-state index contributed by atoms with van der Waals surface area (Å²) in [5.41, 5.74) is 16.2. The molecule has 0 fully saturated rings. The minimum atomic E-state index is 0.317. The fourth-order valence-corrected chi connectivity index (χ4v) is 6.92. The van der Waals surface area contributed by atoms with Crippen LogP contribution in [-0.4, -0.2) is 15.0 Å². The highest BCUT2D eigenvalue weighted by Crippen LogP contribution is 2.39. The van der Waals surface area contributed by atoms with Crippen molar-refractivity contribution in [1.29, 1.82) is 0 Å². The van der Waals surface area contributed by atoms with Gasteiger partial charge in [0.15, 0.2) is 0 Å². The van der Waals surface area contributed by atoms with E-state index in [2.05, 4.69) is 144 Å². The van der Waals surface area contributed by atoms with Gasteiger partial charge in [0.05, 0.1) is 28.3 Å². The molecule has 2 aromatic heterocycles. The van der Waals surface area contributed by atoms with E-state index < -0.39 is 0 Å². The molecular formula is C46H45N3. The summed E-state index contributed by atoms with van der Waals surface area (Å²) in [6.45, 7) is 13.1. The number of nitrogens with zero attached hydrogens (tertiary/aromatic N) is 3. The fraction of sp³-hybridized carbons (Fsp3) is 0.239. The lowest BCUT2D eigenvalue weighted by Crippen LogP contribution is -2.07. The van der Waals surface area contributed by atoms with Gasteiger partial charge >= 0.3 is 0 Å². The predicted octanol–water partition coefficient (Wildman–Crippen LogP) is 12.3. The smallest absolute Gasteiger partial charge is 0.0973 e. The van der Waals surface area contributed by atoms with Crippen LogP contribution in [0.4, 0.5) is 0 Å². The third kappa shape index (κ3) is 6.76. The minimum Gasteiger partial charge on any atom is -0.253 e. The van der Waals surface area contributed by atoms with Gasteiger partial charge in [0, 0.05) is 22.2 Å². The summed E-state index contributed by atoms with van der Waals surface area (Å²) < 4.78 is 0.